The lowest BCUT2D eigenvalue weighted by Crippen LogP contribution is -2.25. The predicted octanol–water partition coefficient (Wildman–Crippen LogP) is 5.11. The molecule has 0 saturated heterocycles. The Balaban J connectivity index is 1.38. The van der Waals surface area contributed by atoms with Crippen molar-refractivity contribution in [2.45, 2.75) is 53.1 Å². The minimum absolute atomic E-state index is 0.231. The highest BCUT2D eigenvalue weighted by Gasteiger charge is 2.15. The van der Waals surface area contributed by atoms with Crippen LogP contribution in [0.4, 0.5) is 4.79 Å². The summed E-state index contributed by atoms with van der Waals surface area (Å²) < 4.78 is 16.1. The molecule has 0 aliphatic carbocycles. The molecule has 33 heavy (non-hydrogen) atoms. The van der Waals surface area contributed by atoms with Gasteiger partial charge in [0, 0.05) is 29.5 Å². The predicted molar refractivity (Wildman–Crippen MR) is 125 cm³/mol. The fourth-order valence-corrected chi connectivity index (χ4v) is 3.44. The van der Waals surface area contributed by atoms with E-state index in [-0.39, 0.29) is 24.6 Å². The molecule has 3 rings (SSSR count). The van der Waals surface area contributed by atoms with Crippen molar-refractivity contribution in [2.24, 2.45) is 0 Å². The summed E-state index contributed by atoms with van der Waals surface area (Å²) in [6.07, 6.45) is 1.93. The maximum Gasteiger partial charge on any atom is 0.407 e. The first kappa shape index (κ1) is 24.0. The highest BCUT2D eigenvalue weighted by Crippen LogP contribution is 2.29. The highest BCUT2D eigenvalue weighted by atomic mass is 16.5. The van der Waals surface area contributed by atoms with Crippen LogP contribution >= 0.6 is 0 Å². The van der Waals surface area contributed by atoms with Crippen LogP contribution in [0, 0.1) is 20.8 Å². The molecule has 0 spiro atoms. The topological polar surface area (TPSA) is 94.8 Å². The average molecular weight is 452 g/mol. The summed E-state index contributed by atoms with van der Waals surface area (Å²) in [6.45, 7) is 6.08. The number of rotatable bonds is 9. The Bertz CT molecular complexity index is 1180. The van der Waals surface area contributed by atoms with Gasteiger partial charge in [-0.05, 0) is 56.9 Å². The Hall–Kier alpha value is -3.61. The van der Waals surface area contributed by atoms with Gasteiger partial charge in [-0.25, -0.2) is 9.59 Å². The van der Waals surface area contributed by atoms with E-state index in [9.17, 15) is 14.4 Å². The molecule has 0 fully saturated rings. The van der Waals surface area contributed by atoms with Crippen molar-refractivity contribution in [3.05, 3.63) is 75.1 Å². The molecule has 1 aromatic heterocycles. The largest absolute Gasteiger partial charge is 0.445 e. The summed E-state index contributed by atoms with van der Waals surface area (Å²) in [5.41, 5.74) is 3.05. The molecule has 0 atom stereocenters. The van der Waals surface area contributed by atoms with E-state index in [2.05, 4.69) is 5.32 Å². The third-order valence-corrected chi connectivity index (χ3v) is 5.59. The van der Waals surface area contributed by atoms with Crippen molar-refractivity contribution in [2.75, 3.05) is 6.54 Å². The summed E-state index contributed by atoms with van der Waals surface area (Å²) >= 11 is 0. The van der Waals surface area contributed by atoms with Gasteiger partial charge in [0.1, 0.15) is 17.9 Å². The van der Waals surface area contributed by atoms with Crippen molar-refractivity contribution in [1.82, 2.24) is 5.32 Å². The zero-order valence-corrected chi connectivity index (χ0v) is 19.2. The molecule has 1 heterocycles. The fraction of sp³-hybridized carbons (Fsp3) is 0.346. The SMILES string of the molecule is Cc1c(C)c2ccc(OC(=O)CCCCCNC(=O)OCc3ccccc3)c(C)c2oc1=O. The van der Waals surface area contributed by atoms with Crippen molar-refractivity contribution >= 4 is 23.0 Å². The van der Waals surface area contributed by atoms with Crippen LogP contribution in [0.25, 0.3) is 11.0 Å². The molecule has 7 heteroatoms. The first-order valence-corrected chi connectivity index (χ1v) is 11.1. The molecule has 0 aliphatic rings. The summed E-state index contributed by atoms with van der Waals surface area (Å²) in [4.78, 5) is 36.0. The molecule has 3 aromatic rings. The number of nitrogens with one attached hydrogen (secondary N) is 1. The van der Waals surface area contributed by atoms with Crippen molar-refractivity contribution < 1.29 is 23.5 Å². The normalized spacial score (nSPS) is 10.8. The lowest BCUT2D eigenvalue weighted by molar-refractivity contribution is -0.134. The molecule has 0 unspecified atom stereocenters. The monoisotopic (exact) mass is 451 g/mol. The van der Waals surface area contributed by atoms with Crippen LogP contribution in [0.1, 0.15) is 47.9 Å². The third-order valence-electron chi connectivity index (χ3n) is 5.59. The van der Waals surface area contributed by atoms with E-state index in [4.69, 9.17) is 13.9 Å². The zero-order valence-electron chi connectivity index (χ0n) is 19.2. The number of ether oxygens (including phenoxy) is 2. The molecule has 1 N–H and O–H groups in total. The summed E-state index contributed by atoms with van der Waals surface area (Å²) in [5, 5.41) is 3.54. The second-order valence-corrected chi connectivity index (χ2v) is 7.98. The van der Waals surface area contributed by atoms with Crippen LogP contribution in [-0.2, 0) is 16.1 Å². The fourth-order valence-electron chi connectivity index (χ4n) is 3.44. The van der Waals surface area contributed by atoms with E-state index >= 15 is 0 Å². The average Bonchev–Trinajstić information content (AvgIpc) is 2.81. The number of unbranched alkanes of at least 4 members (excludes halogenated alkanes) is 2. The lowest BCUT2D eigenvalue weighted by atomic mass is 10.0. The number of fused-ring (bicyclic) bond motifs is 1. The smallest absolute Gasteiger partial charge is 0.407 e. The first-order chi connectivity index (χ1) is 15.9. The molecule has 0 radical (unpaired) electrons. The second-order valence-electron chi connectivity index (χ2n) is 7.98. The van der Waals surface area contributed by atoms with E-state index < -0.39 is 6.09 Å². The van der Waals surface area contributed by atoms with Crippen molar-refractivity contribution in [3.63, 3.8) is 0 Å². The van der Waals surface area contributed by atoms with E-state index in [1.165, 1.54) is 0 Å². The third kappa shape index (κ3) is 6.44. The Kier molecular flexibility index (Phi) is 8.24. The van der Waals surface area contributed by atoms with Gasteiger partial charge in [0.25, 0.3) is 0 Å². The zero-order chi connectivity index (χ0) is 23.8. The minimum atomic E-state index is -0.456. The van der Waals surface area contributed by atoms with Crippen LogP contribution in [0.3, 0.4) is 0 Å². The Morgan fingerprint density at radius 1 is 0.909 bits per heavy atom. The number of carbonyl (C=O) groups excluding carboxylic acids is 2. The molecule has 2 aromatic carbocycles. The quantitative estimate of drug-likeness (QED) is 0.210. The van der Waals surface area contributed by atoms with Gasteiger partial charge in [-0.3, -0.25) is 4.79 Å². The van der Waals surface area contributed by atoms with E-state index in [1.807, 2.05) is 37.3 Å². The lowest BCUT2D eigenvalue weighted by Gasteiger charge is -2.11. The van der Waals surface area contributed by atoms with Gasteiger partial charge in [0.2, 0.25) is 0 Å². The number of hydrogen-bond donors (Lipinski definition) is 1. The van der Waals surface area contributed by atoms with Gasteiger partial charge < -0.3 is 19.2 Å². The molecule has 174 valence electrons. The Labute approximate surface area is 192 Å². The Morgan fingerprint density at radius 3 is 2.42 bits per heavy atom. The van der Waals surface area contributed by atoms with Gasteiger partial charge in [0.15, 0.2) is 0 Å². The number of benzene rings is 2. The van der Waals surface area contributed by atoms with Gasteiger partial charge >= 0.3 is 17.7 Å². The van der Waals surface area contributed by atoms with Crippen LogP contribution in [0.2, 0.25) is 0 Å². The number of hydrogen-bond acceptors (Lipinski definition) is 6. The van der Waals surface area contributed by atoms with E-state index in [0.717, 1.165) is 29.4 Å². The number of aryl methyl sites for hydroxylation is 2. The Morgan fingerprint density at radius 2 is 1.67 bits per heavy atom. The molecule has 0 aliphatic heterocycles. The maximum absolute atomic E-state index is 12.2. The molecular weight excluding hydrogens is 422 g/mol. The summed E-state index contributed by atoms with van der Waals surface area (Å²) in [7, 11) is 0. The van der Waals surface area contributed by atoms with E-state index in [1.54, 1.807) is 26.0 Å². The number of esters is 1. The van der Waals surface area contributed by atoms with Gasteiger partial charge in [-0.2, -0.15) is 0 Å². The summed E-state index contributed by atoms with van der Waals surface area (Å²) in [6, 6.07) is 13.0. The molecular formula is C26H29NO6. The van der Waals surface area contributed by atoms with Crippen molar-refractivity contribution in [1.29, 1.82) is 0 Å². The second kappa shape index (κ2) is 11.3. The highest BCUT2D eigenvalue weighted by molar-refractivity contribution is 5.86. The maximum atomic E-state index is 12.2. The van der Waals surface area contributed by atoms with Gasteiger partial charge in [0.05, 0.1) is 0 Å². The first-order valence-electron chi connectivity index (χ1n) is 11.1. The van der Waals surface area contributed by atoms with Crippen LogP contribution < -0.4 is 15.7 Å². The van der Waals surface area contributed by atoms with Crippen LogP contribution in [0.15, 0.2) is 51.7 Å². The molecule has 0 saturated carbocycles. The van der Waals surface area contributed by atoms with Crippen LogP contribution in [-0.4, -0.2) is 18.6 Å². The van der Waals surface area contributed by atoms with Gasteiger partial charge in [-0.15, -0.1) is 0 Å². The minimum Gasteiger partial charge on any atom is -0.445 e. The standard InChI is InChI=1S/C26H29NO6/c1-17-18(2)25(29)33-24-19(3)22(14-13-21(17)24)32-23(28)12-8-5-9-15-27-26(30)31-16-20-10-6-4-7-11-20/h4,6-7,10-11,13-14H,5,8-9,12,15-16H2,1-3H3,(H,27,30). The number of carbonyl (C=O) groups is 2. The van der Waals surface area contributed by atoms with Gasteiger partial charge in [-0.1, -0.05) is 36.8 Å². The molecule has 7 nitrogen and oxygen atoms in total. The van der Waals surface area contributed by atoms with Crippen LogP contribution in [0.5, 0.6) is 5.75 Å². The van der Waals surface area contributed by atoms with E-state index in [0.29, 0.717) is 35.4 Å². The molecule has 0 bridgehead atoms. The number of alkyl carbamates (subject to hydrolysis) is 1. The summed E-state index contributed by atoms with van der Waals surface area (Å²) in [5.74, 6) is 0.0422. The van der Waals surface area contributed by atoms with Crippen molar-refractivity contribution in [3.8, 4) is 5.75 Å². The number of amides is 1. The molecule has 1 amide bonds.